The Morgan fingerprint density at radius 2 is 2.24 bits per heavy atom. The molecule has 2 heterocycles. The molecule has 17 heavy (non-hydrogen) atoms. The SMILES string of the molecule is NC(=O)C1CC(=O)N(c2ncc(F)cc2F)C1. The van der Waals surface area contributed by atoms with Gasteiger partial charge >= 0.3 is 0 Å². The number of hydrogen-bond donors (Lipinski definition) is 1. The van der Waals surface area contributed by atoms with Gasteiger partial charge in [-0.15, -0.1) is 0 Å². The maximum atomic E-state index is 13.4. The number of nitrogens with two attached hydrogens (primary N) is 1. The minimum absolute atomic E-state index is 0.0241. The first kappa shape index (κ1) is 11.4. The van der Waals surface area contributed by atoms with Crippen LogP contribution in [-0.4, -0.2) is 23.3 Å². The standard InChI is InChI=1S/C10H9F2N3O2/c11-6-2-7(12)10(14-3-6)15-4-5(9(13)17)1-8(15)16/h2-3,5H,1,4H2,(H2,13,17). The van der Waals surface area contributed by atoms with Crippen LogP contribution in [0.5, 0.6) is 0 Å². The fraction of sp³-hybridized carbons (Fsp3) is 0.300. The number of rotatable bonds is 2. The molecule has 0 spiro atoms. The fourth-order valence-electron chi connectivity index (χ4n) is 1.71. The number of aromatic nitrogens is 1. The lowest BCUT2D eigenvalue weighted by Crippen LogP contribution is -2.29. The highest BCUT2D eigenvalue weighted by atomic mass is 19.1. The zero-order chi connectivity index (χ0) is 12.6. The number of nitrogens with zero attached hydrogens (tertiary/aromatic N) is 2. The van der Waals surface area contributed by atoms with Crippen molar-refractivity contribution >= 4 is 17.6 Å². The van der Waals surface area contributed by atoms with Gasteiger partial charge in [0.2, 0.25) is 11.8 Å². The minimum Gasteiger partial charge on any atom is -0.369 e. The third-order valence-electron chi connectivity index (χ3n) is 2.57. The van der Waals surface area contributed by atoms with E-state index in [2.05, 4.69) is 4.98 Å². The van der Waals surface area contributed by atoms with Gasteiger partial charge in [0.15, 0.2) is 11.6 Å². The Bertz CT molecular complexity index is 492. The molecule has 1 aliphatic heterocycles. The van der Waals surface area contributed by atoms with Crippen LogP contribution in [0.3, 0.4) is 0 Å². The van der Waals surface area contributed by atoms with E-state index in [-0.39, 0.29) is 18.8 Å². The molecule has 0 radical (unpaired) electrons. The molecule has 1 atom stereocenters. The van der Waals surface area contributed by atoms with Gasteiger partial charge in [-0.2, -0.15) is 0 Å². The summed E-state index contributed by atoms with van der Waals surface area (Å²) >= 11 is 0. The second-order valence-electron chi connectivity index (χ2n) is 3.77. The number of amides is 2. The van der Waals surface area contributed by atoms with Crippen LogP contribution in [0.4, 0.5) is 14.6 Å². The highest BCUT2D eigenvalue weighted by Crippen LogP contribution is 2.25. The lowest BCUT2D eigenvalue weighted by molar-refractivity contribution is -0.123. The molecule has 1 aromatic heterocycles. The Labute approximate surface area is 95.2 Å². The van der Waals surface area contributed by atoms with Gasteiger partial charge in [-0.3, -0.25) is 14.5 Å². The smallest absolute Gasteiger partial charge is 0.229 e. The van der Waals surface area contributed by atoms with Crippen LogP contribution < -0.4 is 10.6 Å². The summed E-state index contributed by atoms with van der Waals surface area (Å²) < 4.78 is 26.0. The van der Waals surface area contributed by atoms with Crippen LogP contribution >= 0.6 is 0 Å². The zero-order valence-corrected chi connectivity index (χ0v) is 8.69. The summed E-state index contributed by atoms with van der Waals surface area (Å²) in [7, 11) is 0. The topological polar surface area (TPSA) is 76.3 Å². The summed E-state index contributed by atoms with van der Waals surface area (Å²) in [4.78, 5) is 27.0. The Morgan fingerprint density at radius 1 is 1.53 bits per heavy atom. The van der Waals surface area contributed by atoms with Gasteiger partial charge in [-0.25, -0.2) is 13.8 Å². The van der Waals surface area contributed by atoms with E-state index in [9.17, 15) is 18.4 Å². The number of primary amides is 1. The second-order valence-corrected chi connectivity index (χ2v) is 3.77. The van der Waals surface area contributed by atoms with Crippen LogP contribution in [0, 0.1) is 17.6 Å². The van der Waals surface area contributed by atoms with Crippen molar-refractivity contribution in [2.24, 2.45) is 11.7 Å². The number of hydrogen-bond acceptors (Lipinski definition) is 3. The molecule has 1 unspecified atom stereocenters. The molecule has 1 fully saturated rings. The highest BCUT2D eigenvalue weighted by Gasteiger charge is 2.35. The molecule has 0 bridgehead atoms. The Balaban J connectivity index is 2.29. The van der Waals surface area contributed by atoms with E-state index in [0.717, 1.165) is 11.1 Å². The molecular formula is C10H9F2N3O2. The predicted octanol–water partition coefficient (Wildman–Crippen LogP) is 0.198. The summed E-state index contributed by atoms with van der Waals surface area (Å²) in [5.41, 5.74) is 5.07. The van der Waals surface area contributed by atoms with E-state index in [4.69, 9.17) is 5.73 Å². The first-order valence-electron chi connectivity index (χ1n) is 4.89. The number of carbonyl (C=O) groups is 2. The summed E-state index contributed by atoms with van der Waals surface area (Å²) in [6.07, 6.45) is 0.733. The van der Waals surface area contributed by atoms with Crippen molar-refractivity contribution in [2.75, 3.05) is 11.4 Å². The summed E-state index contributed by atoms with van der Waals surface area (Å²) in [6.45, 7) is -0.0241. The molecule has 5 nitrogen and oxygen atoms in total. The maximum absolute atomic E-state index is 13.4. The Kier molecular flexibility index (Phi) is 2.74. The van der Waals surface area contributed by atoms with Crippen molar-refractivity contribution in [3.8, 4) is 0 Å². The molecule has 1 saturated heterocycles. The van der Waals surface area contributed by atoms with Crippen molar-refractivity contribution in [1.29, 1.82) is 0 Å². The molecule has 1 aliphatic rings. The van der Waals surface area contributed by atoms with E-state index in [0.29, 0.717) is 6.07 Å². The van der Waals surface area contributed by atoms with Crippen molar-refractivity contribution in [3.05, 3.63) is 23.9 Å². The van der Waals surface area contributed by atoms with Crippen molar-refractivity contribution < 1.29 is 18.4 Å². The lowest BCUT2D eigenvalue weighted by Gasteiger charge is -2.15. The van der Waals surface area contributed by atoms with Crippen LogP contribution in [0.2, 0.25) is 0 Å². The van der Waals surface area contributed by atoms with Gasteiger partial charge in [0.1, 0.15) is 5.82 Å². The second kappa shape index (κ2) is 4.08. The monoisotopic (exact) mass is 241 g/mol. The van der Waals surface area contributed by atoms with Crippen LogP contribution in [0.1, 0.15) is 6.42 Å². The third kappa shape index (κ3) is 2.08. The third-order valence-corrected chi connectivity index (χ3v) is 2.57. The maximum Gasteiger partial charge on any atom is 0.229 e. The molecule has 7 heteroatoms. The van der Waals surface area contributed by atoms with Gasteiger partial charge in [-0.05, 0) is 0 Å². The first-order valence-corrected chi connectivity index (χ1v) is 4.89. The first-order chi connectivity index (χ1) is 7.99. The molecule has 2 rings (SSSR count). The minimum atomic E-state index is -0.941. The Morgan fingerprint density at radius 3 is 2.76 bits per heavy atom. The number of carbonyl (C=O) groups excluding carboxylic acids is 2. The number of anilines is 1. The average Bonchev–Trinajstić information content (AvgIpc) is 2.61. The largest absolute Gasteiger partial charge is 0.369 e. The normalized spacial score (nSPS) is 19.8. The lowest BCUT2D eigenvalue weighted by atomic mass is 10.1. The van der Waals surface area contributed by atoms with Gasteiger partial charge in [0.05, 0.1) is 12.1 Å². The fourth-order valence-corrected chi connectivity index (χ4v) is 1.71. The number of pyridine rings is 1. The van der Waals surface area contributed by atoms with Crippen molar-refractivity contribution in [2.45, 2.75) is 6.42 Å². The van der Waals surface area contributed by atoms with Gasteiger partial charge < -0.3 is 5.73 Å². The summed E-state index contributed by atoms with van der Waals surface area (Å²) in [6, 6.07) is 0.632. The van der Waals surface area contributed by atoms with E-state index in [1.165, 1.54) is 0 Å². The van der Waals surface area contributed by atoms with E-state index >= 15 is 0 Å². The van der Waals surface area contributed by atoms with Gasteiger partial charge in [0, 0.05) is 19.0 Å². The molecule has 2 N–H and O–H groups in total. The summed E-state index contributed by atoms with van der Waals surface area (Å²) in [5.74, 6) is -3.78. The molecule has 0 saturated carbocycles. The van der Waals surface area contributed by atoms with E-state index in [1.54, 1.807) is 0 Å². The van der Waals surface area contributed by atoms with Crippen LogP contribution in [-0.2, 0) is 9.59 Å². The van der Waals surface area contributed by atoms with Crippen LogP contribution in [0.25, 0.3) is 0 Å². The van der Waals surface area contributed by atoms with Crippen LogP contribution in [0.15, 0.2) is 12.3 Å². The quantitative estimate of drug-likeness (QED) is 0.803. The molecule has 90 valence electrons. The van der Waals surface area contributed by atoms with Crippen molar-refractivity contribution in [3.63, 3.8) is 0 Å². The predicted molar refractivity (Wildman–Crippen MR) is 53.8 cm³/mol. The molecule has 2 amide bonds. The van der Waals surface area contributed by atoms with Gasteiger partial charge in [0.25, 0.3) is 0 Å². The zero-order valence-electron chi connectivity index (χ0n) is 8.69. The van der Waals surface area contributed by atoms with E-state index < -0.39 is 29.4 Å². The molecule has 0 aromatic carbocycles. The van der Waals surface area contributed by atoms with Crippen molar-refractivity contribution in [1.82, 2.24) is 4.98 Å². The molecular weight excluding hydrogens is 232 g/mol. The number of halogens is 2. The average molecular weight is 241 g/mol. The Hall–Kier alpha value is -2.05. The van der Waals surface area contributed by atoms with E-state index in [1.807, 2.05) is 0 Å². The molecule has 1 aromatic rings. The summed E-state index contributed by atoms with van der Waals surface area (Å²) in [5, 5.41) is 0. The highest BCUT2D eigenvalue weighted by molar-refractivity contribution is 5.99. The van der Waals surface area contributed by atoms with Gasteiger partial charge in [-0.1, -0.05) is 0 Å². The molecule has 0 aliphatic carbocycles.